The summed E-state index contributed by atoms with van der Waals surface area (Å²) in [4.78, 5) is 6.45. The van der Waals surface area contributed by atoms with Crippen molar-refractivity contribution in [1.29, 1.82) is 0 Å². The normalized spacial score (nSPS) is 10.4. The zero-order chi connectivity index (χ0) is 13.5. The van der Waals surface area contributed by atoms with Crippen molar-refractivity contribution >= 4 is 5.69 Å². The minimum Gasteiger partial charge on any atom is -0.367 e. The second-order valence-corrected chi connectivity index (χ2v) is 4.65. The van der Waals surface area contributed by atoms with E-state index < -0.39 is 0 Å². The Balaban J connectivity index is 2.14. The fourth-order valence-electron chi connectivity index (χ4n) is 2.12. The van der Waals surface area contributed by atoms with Gasteiger partial charge in [-0.1, -0.05) is 19.1 Å². The lowest BCUT2D eigenvalue weighted by atomic mass is 10.1. The van der Waals surface area contributed by atoms with E-state index in [1.807, 2.05) is 12.4 Å². The van der Waals surface area contributed by atoms with E-state index >= 15 is 0 Å². The van der Waals surface area contributed by atoms with Crippen LogP contribution >= 0.6 is 0 Å². The molecule has 0 aliphatic carbocycles. The molecular weight excluding hydrogens is 234 g/mol. The average Bonchev–Trinajstić information content (AvgIpc) is 2.48. The molecule has 2 rings (SSSR count). The summed E-state index contributed by atoms with van der Waals surface area (Å²) in [6, 6.07) is 12.6. The van der Waals surface area contributed by atoms with Gasteiger partial charge in [-0.2, -0.15) is 0 Å². The Morgan fingerprint density at radius 2 is 1.68 bits per heavy atom. The van der Waals surface area contributed by atoms with Gasteiger partial charge in [0, 0.05) is 37.7 Å². The molecule has 19 heavy (non-hydrogen) atoms. The van der Waals surface area contributed by atoms with Gasteiger partial charge in [-0.05, 0) is 41.8 Å². The fraction of sp³-hybridized carbons (Fsp3) is 0.312. The first-order valence-corrected chi connectivity index (χ1v) is 6.76. The summed E-state index contributed by atoms with van der Waals surface area (Å²) in [5.41, 5.74) is 9.34. The van der Waals surface area contributed by atoms with Gasteiger partial charge in [0.15, 0.2) is 0 Å². The highest BCUT2D eigenvalue weighted by Crippen LogP contribution is 2.18. The first kappa shape index (κ1) is 13.6. The SMILES string of the molecule is CCCN(Cc1ccncc1)c1ccc(CN)cc1. The third kappa shape index (κ3) is 3.80. The van der Waals surface area contributed by atoms with Crippen molar-refractivity contribution < 1.29 is 0 Å². The molecule has 1 aromatic carbocycles. The summed E-state index contributed by atoms with van der Waals surface area (Å²) < 4.78 is 0. The molecule has 0 fully saturated rings. The van der Waals surface area contributed by atoms with E-state index in [4.69, 9.17) is 5.73 Å². The van der Waals surface area contributed by atoms with Crippen molar-refractivity contribution in [3.8, 4) is 0 Å². The van der Waals surface area contributed by atoms with E-state index in [-0.39, 0.29) is 0 Å². The van der Waals surface area contributed by atoms with Crippen LogP contribution in [0.4, 0.5) is 5.69 Å². The minimum absolute atomic E-state index is 0.596. The molecule has 3 nitrogen and oxygen atoms in total. The number of pyridine rings is 1. The molecule has 0 saturated carbocycles. The number of anilines is 1. The Kier molecular flexibility index (Phi) is 4.93. The zero-order valence-electron chi connectivity index (χ0n) is 11.4. The summed E-state index contributed by atoms with van der Waals surface area (Å²) in [6.45, 7) is 4.76. The van der Waals surface area contributed by atoms with Crippen LogP contribution in [0.1, 0.15) is 24.5 Å². The molecule has 3 heteroatoms. The largest absolute Gasteiger partial charge is 0.367 e. The summed E-state index contributed by atoms with van der Waals surface area (Å²) in [5.74, 6) is 0. The molecule has 0 aliphatic heterocycles. The fourth-order valence-corrected chi connectivity index (χ4v) is 2.12. The van der Waals surface area contributed by atoms with Gasteiger partial charge >= 0.3 is 0 Å². The second kappa shape index (κ2) is 6.90. The Bertz CT molecular complexity index is 479. The molecule has 0 atom stereocenters. The molecule has 100 valence electrons. The number of hydrogen-bond acceptors (Lipinski definition) is 3. The van der Waals surface area contributed by atoms with Crippen molar-refractivity contribution in [2.24, 2.45) is 5.73 Å². The van der Waals surface area contributed by atoms with Crippen molar-refractivity contribution in [3.63, 3.8) is 0 Å². The number of benzene rings is 1. The van der Waals surface area contributed by atoms with Gasteiger partial charge in [0.1, 0.15) is 0 Å². The highest BCUT2D eigenvalue weighted by molar-refractivity contribution is 5.48. The third-order valence-electron chi connectivity index (χ3n) is 3.15. The van der Waals surface area contributed by atoms with Gasteiger partial charge in [0.25, 0.3) is 0 Å². The molecule has 2 aromatic rings. The Labute approximate surface area is 115 Å². The first-order valence-electron chi connectivity index (χ1n) is 6.76. The molecule has 1 heterocycles. The molecular formula is C16H21N3. The van der Waals surface area contributed by atoms with E-state index in [1.54, 1.807) is 0 Å². The summed E-state index contributed by atoms with van der Waals surface area (Å²) in [6.07, 6.45) is 4.82. The summed E-state index contributed by atoms with van der Waals surface area (Å²) in [7, 11) is 0. The van der Waals surface area contributed by atoms with Crippen LogP contribution in [0.5, 0.6) is 0 Å². The quantitative estimate of drug-likeness (QED) is 0.863. The second-order valence-electron chi connectivity index (χ2n) is 4.65. The molecule has 0 saturated heterocycles. The minimum atomic E-state index is 0.596. The van der Waals surface area contributed by atoms with Crippen molar-refractivity contribution in [3.05, 3.63) is 59.9 Å². The lowest BCUT2D eigenvalue weighted by Crippen LogP contribution is -2.23. The predicted octanol–water partition coefficient (Wildman–Crippen LogP) is 2.96. The summed E-state index contributed by atoms with van der Waals surface area (Å²) in [5, 5.41) is 0. The van der Waals surface area contributed by atoms with Crippen molar-refractivity contribution in [2.45, 2.75) is 26.4 Å². The monoisotopic (exact) mass is 255 g/mol. The number of hydrogen-bond donors (Lipinski definition) is 1. The number of nitrogens with zero attached hydrogens (tertiary/aromatic N) is 2. The molecule has 0 aliphatic rings. The molecule has 0 spiro atoms. The van der Waals surface area contributed by atoms with E-state index in [9.17, 15) is 0 Å². The standard InChI is InChI=1S/C16H21N3/c1-2-11-19(13-15-7-9-18-10-8-15)16-5-3-14(12-17)4-6-16/h3-10H,2,11-13,17H2,1H3. The van der Waals surface area contributed by atoms with Gasteiger partial charge in [0.05, 0.1) is 0 Å². The van der Waals surface area contributed by atoms with Crippen LogP contribution in [-0.4, -0.2) is 11.5 Å². The van der Waals surface area contributed by atoms with Crippen LogP contribution in [0, 0.1) is 0 Å². The highest BCUT2D eigenvalue weighted by Gasteiger charge is 2.06. The molecule has 1 aromatic heterocycles. The lowest BCUT2D eigenvalue weighted by molar-refractivity contribution is 0.766. The maximum Gasteiger partial charge on any atom is 0.0430 e. The molecule has 2 N–H and O–H groups in total. The van der Waals surface area contributed by atoms with Crippen molar-refractivity contribution in [2.75, 3.05) is 11.4 Å². The highest BCUT2D eigenvalue weighted by atomic mass is 15.1. The average molecular weight is 255 g/mol. The molecule has 0 radical (unpaired) electrons. The zero-order valence-corrected chi connectivity index (χ0v) is 11.4. The van der Waals surface area contributed by atoms with Gasteiger partial charge in [0.2, 0.25) is 0 Å². The summed E-state index contributed by atoms with van der Waals surface area (Å²) >= 11 is 0. The number of nitrogens with two attached hydrogens (primary N) is 1. The van der Waals surface area contributed by atoms with Gasteiger partial charge in [-0.15, -0.1) is 0 Å². The molecule has 0 unspecified atom stereocenters. The van der Waals surface area contributed by atoms with E-state index in [2.05, 4.69) is 53.2 Å². The molecule has 0 bridgehead atoms. The topological polar surface area (TPSA) is 42.2 Å². The lowest BCUT2D eigenvalue weighted by Gasteiger charge is -2.24. The van der Waals surface area contributed by atoms with E-state index in [0.29, 0.717) is 6.54 Å². The Morgan fingerprint density at radius 1 is 1.00 bits per heavy atom. The van der Waals surface area contributed by atoms with Crippen molar-refractivity contribution in [1.82, 2.24) is 4.98 Å². The van der Waals surface area contributed by atoms with Gasteiger partial charge < -0.3 is 10.6 Å². The van der Waals surface area contributed by atoms with Crippen LogP contribution in [0.15, 0.2) is 48.8 Å². The number of aromatic nitrogens is 1. The van der Waals surface area contributed by atoms with Crippen LogP contribution in [0.3, 0.4) is 0 Å². The van der Waals surface area contributed by atoms with E-state index in [1.165, 1.54) is 16.8 Å². The van der Waals surface area contributed by atoms with Crippen LogP contribution < -0.4 is 10.6 Å². The molecule has 0 amide bonds. The predicted molar refractivity (Wildman–Crippen MR) is 79.9 cm³/mol. The Morgan fingerprint density at radius 3 is 2.26 bits per heavy atom. The van der Waals surface area contributed by atoms with Crippen LogP contribution in [-0.2, 0) is 13.1 Å². The van der Waals surface area contributed by atoms with Gasteiger partial charge in [-0.25, -0.2) is 0 Å². The first-order chi connectivity index (χ1) is 9.33. The maximum absolute atomic E-state index is 5.64. The third-order valence-corrected chi connectivity index (χ3v) is 3.15. The van der Waals surface area contributed by atoms with Gasteiger partial charge in [-0.3, -0.25) is 4.98 Å². The smallest absolute Gasteiger partial charge is 0.0430 e. The maximum atomic E-state index is 5.64. The van der Waals surface area contributed by atoms with Crippen LogP contribution in [0.25, 0.3) is 0 Å². The Hall–Kier alpha value is -1.87. The van der Waals surface area contributed by atoms with E-state index in [0.717, 1.165) is 19.5 Å². The van der Waals surface area contributed by atoms with Crippen LogP contribution in [0.2, 0.25) is 0 Å². The number of rotatable bonds is 6.